The summed E-state index contributed by atoms with van der Waals surface area (Å²) in [6.07, 6.45) is 2.55. The molecule has 1 aliphatic rings. The Morgan fingerprint density at radius 1 is 1.47 bits per heavy atom. The molecule has 0 aromatic carbocycles. The SMILES string of the molecule is CC(O)CCNC1CCN(C(=O)N(C)C)CC1. The topological polar surface area (TPSA) is 55.8 Å². The number of carbonyl (C=O) groups excluding carboxylic acids is 1. The normalized spacial score (nSPS) is 19.2. The first-order valence-electron chi connectivity index (χ1n) is 6.38. The number of piperidine rings is 1. The van der Waals surface area contributed by atoms with Crippen molar-refractivity contribution in [3.05, 3.63) is 0 Å². The summed E-state index contributed by atoms with van der Waals surface area (Å²) in [4.78, 5) is 15.2. The minimum absolute atomic E-state index is 0.104. The van der Waals surface area contributed by atoms with Gasteiger partial charge in [0.15, 0.2) is 0 Å². The molecule has 17 heavy (non-hydrogen) atoms. The zero-order chi connectivity index (χ0) is 12.8. The second-order valence-electron chi connectivity index (χ2n) is 5.03. The molecule has 1 heterocycles. The molecule has 0 spiro atoms. The summed E-state index contributed by atoms with van der Waals surface area (Å²) in [5.41, 5.74) is 0. The molecule has 0 bridgehead atoms. The van der Waals surface area contributed by atoms with E-state index < -0.39 is 0 Å². The van der Waals surface area contributed by atoms with Crippen molar-refractivity contribution in [2.45, 2.75) is 38.3 Å². The molecule has 0 saturated carbocycles. The molecule has 1 rings (SSSR count). The molecule has 1 aliphatic heterocycles. The molecule has 2 N–H and O–H groups in total. The Morgan fingerprint density at radius 3 is 2.53 bits per heavy atom. The van der Waals surface area contributed by atoms with Crippen molar-refractivity contribution >= 4 is 6.03 Å². The molecular formula is C12H25N3O2. The largest absolute Gasteiger partial charge is 0.393 e. The average Bonchev–Trinajstić information content (AvgIpc) is 2.28. The third kappa shape index (κ3) is 4.91. The monoisotopic (exact) mass is 243 g/mol. The van der Waals surface area contributed by atoms with E-state index in [1.807, 2.05) is 4.90 Å². The van der Waals surface area contributed by atoms with E-state index in [4.69, 9.17) is 5.11 Å². The van der Waals surface area contributed by atoms with Crippen LogP contribution in [0.1, 0.15) is 26.2 Å². The number of nitrogens with zero attached hydrogens (tertiary/aromatic N) is 2. The molecule has 1 atom stereocenters. The fourth-order valence-electron chi connectivity index (χ4n) is 2.05. The highest BCUT2D eigenvalue weighted by atomic mass is 16.3. The van der Waals surface area contributed by atoms with E-state index in [0.717, 1.165) is 38.9 Å². The van der Waals surface area contributed by atoms with Gasteiger partial charge in [-0.15, -0.1) is 0 Å². The van der Waals surface area contributed by atoms with E-state index >= 15 is 0 Å². The van der Waals surface area contributed by atoms with Gasteiger partial charge in [-0.25, -0.2) is 4.79 Å². The van der Waals surface area contributed by atoms with Crippen LogP contribution in [-0.4, -0.2) is 66.8 Å². The van der Waals surface area contributed by atoms with Crippen LogP contribution in [-0.2, 0) is 0 Å². The van der Waals surface area contributed by atoms with Crippen molar-refractivity contribution in [2.24, 2.45) is 0 Å². The van der Waals surface area contributed by atoms with E-state index in [0.29, 0.717) is 6.04 Å². The number of aliphatic hydroxyl groups excluding tert-OH is 1. The predicted octanol–water partition coefficient (Wildman–Crippen LogP) is 0.493. The Balaban J connectivity index is 2.19. The van der Waals surface area contributed by atoms with E-state index in [9.17, 15) is 4.79 Å². The number of rotatable bonds is 4. The van der Waals surface area contributed by atoms with Crippen LogP contribution in [0, 0.1) is 0 Å². The maximum atomic E-state index is 11.7. The van der Waals surface area contributed by atoms with Crippen LogP contribution in [0.2, 0.25) is 0 Å². The molecule has 0 aromatic rings. The standard InChI is InChI=1S/C12H25N3O2/c1-10(16)4-7-13-11-5-8-15(9-6-11)12(17)14(2)3/h10-11,13,16H,4-9H2,1-3H3. The Labute approximate surface area is 104 Å². The zero-order valence-corrected chi connectivity index (χ0v) is 11.1. The molecule has 5 nitrogen and oxygen atoms in total. The molecule has 2 amide bonds. The van der Waals surface area contributed by atoms with Crippen molar-refractivity contribution < 1.29 is 9.90 Å². The zero-order valence-electron chi connectivity index (χ0n) is 11.1. The number of amides is 2. The molecule has 0 radical (unpaired) electrons. The fraction of sp³-hybridized carbons (Fsp3) is 0.917. The highest BCUT2D eigenvalue weighted by molar-refractivity contribution is 5.73. The predicted molar refractivity (Wildman–Crippen MR) is 68.0 cm³/mol. The molecule has 1 saturated heterocycles. The van der Waals surface area contributed by atoms with Crippen LogP contribution in [0.3, 0.4) is 0 Å². The summed E-state index contributed by atoms with van der Waals surface area (Å²) in [6.45, 7) is 4.30. The molecular weight excluding hydrogens is 218 g/mol. The summed E-state index contributed by atoms with van der Waals surface area (Å²) in [5.74, 6) is 0. The van der Waals surface area contributed by atoms with Crippen molar-refractivity contribution in [3.63, 3.8) is 0 Å². The van der Waals surface area contributed by atoms with Crippen LogP contribution in [0.4, 0.5) is 4.79 Å². The van der Waals surface area contributed by atoms with E-state index in [1.54, 1.807) is 25.9 Å². The number of nitrogens with one attached hydrogen (secondary N) is 1. The molecule has 1 unspecified atom stereocenters. The fourth-order valence-corrected chi connectivity index (χ4v) is 2.05. The van der Waals surface area contributed by atoms with Gasteiger partial charge in [0.2, 0.25) is 0 Å². The second-order valence-corrected chi connectivity index (χ2v) is 5.03. The first-order valence-corrected chi connectivity index (χ1v) is 6.38. The van der Waals surface area contributed by atoms with Gasteiger partial charge < -0.3 is 20.2 Å². The van der Waals surface area contributed by atoms with Gasteiger partial charge >= 0.3 is 6.03 Å². The van der Waals surface area contributed by atoms with Crippen molar-refractivity contribution in [2.75, 3.05) is 33.7 Å². The summed E-state index contributed by atoms with van der Waals surface area (Å²) < 4.78 is 0. The lowest BCUT2D eigenvalue weighted by molar-refractivity contribution is 0.150. The van der Waals surface area contributed by atoms with Crippen LogP contribution in [0.15, 0.2) is 0 Å². The molecule has 1 fully saturated rings. The van der Waals surface area contributed by atoms with Gasteiger partial charge in [-0.1, -0.05) is 0 Å². The summed E-state index contributed by atoms with van der Waals surface area (Å²) >= 11 is 0. The van der Waals surface area contributed by atoms with E-state index in [1.165, 1.54) is 0 Å². The van der Waals surface area contributed by atoms with Crippen LogP contribution in [0.25, 0.3) is 0 Å². The van der Waals surface area contributed by atoms with Crippen molar-refractivity contribution in [1.82, 2.24) is 15.1 Å². The van der Waals surface area contributed by atoms with Gasteiger partial charge in [0, 0.05) is 33.2 Å². The first-order chi connectivity index (χ1) is 8.00. The van der Waals surface area contributed by atoms with Crippen LogP contribution < -0.4 is 5.32 Å². The number of aliphatic hydroxyl groups is 1. The molecule has 5 heteroatoms. The Kier molecular flexibility index (Phi) is 5.71. The Morgan fingerprint density at radius 2 is 2.06 bits per heavy atom. The lowest BCUT2D eigenvalue weighted by Gasteiger charge is -2.34. The van der Waals surface area contributed by atoms with Crippen molar-refractivity contribution in [3.8, 4) is 0 Å². The average molecular weight is 243 g/mol. The third-order valence-corrected chi connectivity index (χ3v) is 3.14. The molecule has 0 aromatic heterocycles. The highest BCUT2D eigenvalue weighted by Crippen LogP contribution is 2.11. The van der Waals surface area contributed by atoms with E-state index in [-0.39, 0.29) is 12.1 Å². The van der Waals surface area contributed by atoms with Crippen LogP contribution in [0.5, 0.6) is 0 Å². The van der Waals surface area contributed by atoms with Gasteiger partial charge in [0.1, 0.15) is 0 Å². The maximum Gasteiger partial charge on any atom is 0.319 e. The second kappa shape index (κ2) is 6.81. The Hall–Kier alpha value is -0.810. The number of hydrogen-bond donors (Lipinski definition) is 2. The van der Waals surface area contributed by atoms with Gasteiger partial charge in [0.05, 0.1) is 6.10 Å². The number of hydrogen-bond acceptors (Lipinski definition) is 3. The Bertz CT molecular complexity index is 236. The lowest BCUT2D eigenvalue weighted by atomic mass is 10.1. The van der Waals surface area contributed by atoms with Crippen LogP contribution >= 0.6 is 0 Å². The smallest absolute Gasteiger partial charge is 0.319 e. The molecule has 0 aliphatic carbocycles. The summed E-state index contributed by atoms with van der Waals surface area (Å²) in [7, 11) is 3.57. The number of carbonyl (C=O) groups is 1. The number of urea groups is 1. The van der Waals surface area contributed by atoms with Gasteiger partial charge in [0.25, 0.3) is 0 Å². The van der Waals surface area contributed by atoms with Gasteiger partial charge in [-0.3, -0.25) is 0 Å². The maximum absolute atomic E-state index is 11.7. The van der Waals surface area contributed by atoms with Crippen molar-refractivity contribution in [1.29, 1.82) is 0 Å². The number of likely N-dealkylation sites (tertiary alicyclic amines) is 1. The first kappa shape index (κ1) is 14.3. The van der Waals surface area contributed by atoms with Gasteiger partial charge in [-0.2, -0.15) is 0 Å². The highest BCUT2D eigenvalue weighted by Gasteiger charge is 2.23. The van der Waals surface area contributed by atoms with E-state index in [2.05, 4.69) is 5.32 Å². The minimum Gasteiger partial charge on any atom is -0.393 e. The lowest BCUT2D eigenvalue weighted by Crippen LogP contribution is -2.48. The minimum atomic E-state index is -0.238. The summed E-state index contributed by atoms with van der Waals surface area (Å²) in [5, 5.41) is 12.6. The summed E-state index contributed by atoms with van der Waals surface area (Å²) in [6, 6.07) is 0.590. The van der Waals surface area contributed by atoms with Gasteiger partial charge in [-0.05, 0) is 32.7 Å². The molecule has 100 valence electrons. The quantitative estimate of drug-likeness (QED) is 0.755. The third-order valence-electron chi connectivity index (χ3n) is 3.14.